The lowest BCUT2D eigenvalue weighted by Gasteiger charge is -2.27. The summed E-state index contributed by atoms with van der Waals surface area (Å²) < 4.78 is 0. The lowest BCUT2D eigenvalue weighted by molar-refractivity contribution is 0.225. The van der Waals surface area contributed by atoms with Crippen molar-refractivity contribution >= 4 is 12.4 Å². The lowest BCUT2D eigenvalue weighted by Crippen LogP contribution is -2.30. The van der Waals surface area contributed by atoms with E-state index in [0.29, 0.717) is 6.04 Å². The van der Waals surface area contributed by atoms with E-state index in [4.69, 9.17) is 0 Å². The standard InChI is InChI=1S/C14H22N2.ClH/c1-12-5-3-6-14(11-12)13(2)16-9-4-7-15-8-10-16;/h3,5-6,11,13,15H,4,7-10H2,1-2H3;1H. The number of hydrogen-bond acceptors (Lipinski definition) is 2. The van der Waals surface area contributed by atoms with Gasteiger partial charge in [-0.05, 0) is 38.9 Å². The van der Waals surface area contributed by atoms with Crippen LogP contribution in [0.5, 0.6) is 0 Å². The number of nitrogens with zero attached hydrogens (tertiary/aromatic N) is 1. The minimum Gasteiger partial charge on any atom is -0.315 e. The van der Waals surface area contributed by atoms with Crippen molar-refractivity contribution in [2.75, 3.05) is 26.2 Å². The van der Waals surface area contributed by atoms with Gasteiger partial charge in [-0.1, -0.05) is 29.8 Å². The molecule has 1 aliphatic heterocycles. The van der Waals surface area contributed by atoms with Gasteiger partial charge in [0.15, 0.2) is 0 Å². The molecule has 1 heterocycles. The second kappa shape index (κ2) is 7.00. The van der Waals surface area contributed by atoms with E-state index in [2.05, 4.69) is 48.3 Å². The molecular formula is C14H23ClN2. The molecule has 1 saturated heterocycles. The molecule has 0 saturated carbocycles. The Morgan fingerprint density at radius 3 is 2.82 bits per heavy atom. The van der Waals surface area contributed by atoms with Crippen LogP contribution in [0.15, 0.2) is 24.3 Å². The fraction of sp³-hybridized carbons (Fsp3) is 0.571. The van der Waals surface area contributed by atoms with Gasteiger partial charge in [0.1, 0.15) is 0 Å². The Morgan fingerprint density at radius 2 is 2.06 bits per heavy atom. The highest BCUT2D eigenvalue weighted by Gasteiger charge is 2.16. The molecule has 1 aromatic carbocycles. The number of halogens is 1. The molecule has 17 heavy (non-hydrogen) atoms. The zero-order valence-electron chi connectivity index (χ0n) is 10.8. The van der Waals surface area contributed by atoms with Gasteiger partial charge < -0.3 is 5.32 Å². The maximum atomic E-state index is 3.45. The molecule has 0 amide bonds. The Hall–Kier alpha value is -0.570. The van der Waals surface area contributed by atoms with Crippen LogP contribution in [-0.2, 0) is 0 Å². The summed E-state index contributed by atoms with van der Waals surface area (Å²) in [7, 11) is 0. The van der Waals surface area contributed by atoms with Gasteiger partial charge >= 0.3 is 0 Å². The summed E-state index contributed by atoms with van der Waals surface area (Å²) in [4.78, 5) is 2.58. The van der Waals surface area contributed by atoms with Crippen LogP contribution in [0.1, 0.15) is 30.5 Å². The molecule has 0 bridgehead atoms. The van der Waals surface area contributed by atoms with E-state index in [1.807, 2.05) is 0 Å². The van der Waals surface area contributed by atoms with Gasteiger partial charge in [-0.2, -0.15) is 0 Å². The Balaban J connectivity index is 0.00000144. The highest BCUT2D eigenvalue weighted by Crippen LogP contribution is 2.21. The molecule has 0 spiro atoms. The minimum atomic E-state index is 0. The van der Waals surface area contributed by atoms with E-state index in [-0.39, 0.29) is 12.4 Å². The van der Waals surface area contributed by atoms with E-state index >= 15 is 0 Å². The molecule has 1 N–H and O–H groups in total. The van der Waals surface area contributed by atoms with Crippen LogP contribution in [0.25, 0.3) is 0 Å². The third-order valence-corrected chi connectivity index (χ3v) is 3.45. The third kappa shape index (κ3) is 3.98. The van der Waals surface area contributed by atoms with E-state index in [1.54, 1.807) is 0 Å². The van der Waals surface area contributed by atoms with Gasteiger partial charge in [-0.25, -0.2) is 0 Å². The second-order valence-electron chi connectivity index (χ2n) is 4.73. The van der Waals surface area contributed by atoms with Crippen molar-refractivity contribution < 1.29 is 0 Å². The first-order valence-corrected chi connectivity index (χ1v) is 6.29. The SMILES string of the molecule is Cc1cccc(C(C)N2CCCNCC2)c1.Cl. The molecule has 96 valence electrons. The fourth-order valence-corrected chi connectivity index (χ4v) is 2.39. The summed E-state index contributed by atoms with van der Waals surface area (Å²) in [5, 5.41) is 3.45. The van der Waals surface area contributed by atoms with E-state index in [1.165, 1.54) is 24.1 Å². The molecule has 1 atom stereocenters. The summed E-state index contributed by atoms with van der Waals surface area (Å²) in [6, 6.07) is 9.43. The van der Waals surface area contributed by atoms with Gasteiger partial charge in [-0.15, -0.1) is 12.4 Å². The first-order valence-electron chi connectivity index (χ1n) is 6.29. The van der Waals surface area contributed by atoms with E-state index in [9.17, 15) is 0 Å². The van der Waals surface area contributed by atoms with Crippen molar-refractivity contribution in [1.29, 1.82) is 0 Å². The van der Waals surface area contributed by atoms with Crippen molar-refractivity contribution in [2.24, 2.45) is 0 Å². The molecule has 1 aromatic rings. The van der Waals surface area contributed by atoms with E-state index < -0.39 is 0 Å². The maximum Gasteiger partial charge on any atom is 0.0320 e. The molecule has 1 unspecified atom stereocenters. The van der Waals surface area contributed by atoms with Crippen LogP contribution in [0, 0.1) is 6.92 Å². The van der Waals surface area contributed by atoms with Crippen molar-refractivity contribution in [1.82, 2.24) is 10.2 Å². The predicted octanol–water partition coefficient (Wildman–Crippen LogP) is 2.77. The van der Waals surface area contributed by atoms with Gasteiger partial charge in [-0.3, -0.25) is 4.90 Å². The monoisotopic (exact) mass is 254 g/mol. The number of benzene rings is 1. The summed E-state index contributed by atoms with van der Waals surface area (Å²) in [6.07, 6.45) is 1.26. The Labute approximate surface area is 111 Å². The molecule has 2 nitrogen and oxygen atoms in total. The van der Waals surface area contributed by atoms with Crippen LogP contribution >= 0.6 is 12.4 Å². The molecule has 0 aromatic heterocycles. The van der Waals surface area contributed by atoms with Crippen molar-refractivity contribution in [3.8, 4) is 0 Å². The van der Waals surface area contributed by atoms with Gasteiger partial charge in [0.2, 0.25) is 0 Å². The molecule has 0 radical (unpaired) electrons. The molecule has 2 rings (SSSR count). The smallest absolute Gasteiger partial charge is 0.0320 e. The van der Waals surface area contributed by atoms with Gasteiger partial charge in [0.05, 0.1) is 0 Å². The van der Waals surface area contributed by atoms with Crippen LogP contribution < -0.4 is 5.32 Å². The Morgan fingerprint density at radius 1 is 1.24 bits per heavy atom. The Kier molecular flexibility index (Phi) is 5.96. The average molecular weight is 255 g/mol. The topological polar surface area (TPSA) is 15.3 Å². The molecule has 0 aliphatic carbocycles. The quantitative estimate of drug-likeness (QED) is 0.873. The Bertz CT molecular complexity index is 333. The largest absolute Gasteiger partial charge is 0.315 e. The predicted molar refractivity (Wildman–Crippen MR) is 75.9 cm³/mol. The zero-order chi connectivity index (χ0) is 11.4. The highest BCUT2D eigenvalue weighted by atomic mass is 35.5. The first-order chi connectivity index (χ1) is 7.77. The first kappa shape index (κ1) is 14.5. The number of nitrogens with one attached hydrogen (secondary N) is 1. The number of aryl methyl sites for hydroxylation is 1. The molecule has 1 aliphatic rings. The van der Waals surface area contributed by atoms with Crippen molar-refractivity contribution in [2.45, 2.75) is 26.3 Å². The van der Waals surface area contributed by atoms with E-state index in [0.717, 1.165) is 19.6 Å². The second-order valence-corrected chi connectivity index (χ2v) is 4.73. The van der Waals surface area contributed by atoms with Gasteiger partial charge in [0.25, 0.3) is 0 Å². The van der Waals surface area contributed by atoms with Crippen molar-refractivity contribution in [3.05, 3.63) is 35.4 Å². The van der Waals surface area contributed by atoms with Crippen LogP contribution in [0.4, 0.5) is 0 Å². The van der Waals surface area contributed by atoms with Crippen LogP contribution in [0.2, 0.25) is 0 Å². The maximum absolute atomic E-state index is 3.45. The normalized spacial score (nSPS) is 19.2. The number of hydrogen-bond donors (Lipinski definition) is 1. The fourth-order valence-electron chi connectivity index (χ4n) is 2.39. The molecule has 3 heteroatoms. The zero-order valence-corrected chi connectivity index (χ0v) is 11.6. The molecular weight excluding hydrogens is 232 g/mol. The van der Waals surface area contributed by atoms with Crippen molar-refractivity contribution in [3.63, 3.8) is 0 Å². The van der Waals surface area contributed by atoms with Gasteiger partial charge in [0, 0.05) is 19.1 Å². The minimum absolute atomic E-state index is 0. The van der Waals surface area contributed by atoms with Crippen LogP contribution in [0.3, 0.4) is 0 Å². The number of rotatable bonds is 2. The summed E-state index contributed by atoms with van der Waals surface area (Å²) in [5.74, 6) is 0. The third-order valence-electron chi connectivity index (χ3n) is 3.45. The highest BCUT2D eigenvalue weighted by molar-refractivity contribution is 5.85. The lowest BCUT2D eigenvalue weighted by atomic mass is 10.0. The summed E-state index contributed by atoms with van der Waals surface area (Å²) in [5.41, 5.74) is 2.80. The average Bonchev–Trinajstić information content (AvgIpc) is 2.56. The summed E-state index contributed by atoms with van der Waals surface area (Å²) >= 11 is 0. The molecule has 1 fully saturated rings. The van der Waals surface area contributed by atoms with Crippen LogP contribution in [-0.4, -0.2) is 31.1 Å². The summed E-state index contributed by atoms with van der Waals surface area (Å²) in [6.45, 7) is 9.14.